The summed E-state index contributed by atoms with van der Waals surface area (Å²) in [4.78, 5) is 11.4. The van der Waals surface area contributed by atoms with Gasteiger partial charge in [0, 0.05) is 6.54 Å². The van der Waals surface area contributed by atoms with Crippen molar-refractivity contribution in [3.05, 3.63) is 30.3 Å². The fourth-order valence-electron chi connectivity index (χ4n) is 1.36. The SMILES string of the molecule is CNCCCNC(=O)CCOc1ccccc1. The van der Waals surface area contributed by atoms with Crippen molar-refractivity contribution < 1.29 is 9.53 Å². The second-order valence-electron chi connectivity index (χ2n) is 3.72. The molecule has 0 fully saturated rings. The number of carbonyl (C=O) groups is 1. The van der Waals surface area contributed by atoms with Crippen LogP contribution in [0.15, 0.2) is 30.3 Å². The predicted molar refractivity (Wildman–Crippen MR) is 68.1 cm³/mol. The van der Waals surface area contributed by atoms with E-state index in [0.29, 0.717) is 19.6 Å². The largest absolute Gasteiger partial charge is 0.493 e. The lowest BCUT2D eigenvalue weighted by atomic mass is 10.3. The van der Waals surface area contributed by atoms with Gasteiger partial charge in [0.1, 0.15) is 5.75 Å². The summed E-state index contributed by atoms with van der Waals surface area (Å²) in [5.74, 6) is 0.840. The second-order valence-corrected chi connectivity index (χ2v) is 3.72. The second kappa shape index (κ2) is 8.58. The van der Waals surface area contributed by atoms with Gasteiger partial charge in [0.25, 0.3) is 0 Å². The fraction of sp³-hybridized carbons (Fsp3) is 0.462. The Balaban J connectivity index is 2.04. The molecule has 0 saturated heterocycles. The summed E-state index contributed by atoms with van der Waals surface area (Å²) in [6, 6.07) is 9.51. The molecular formula is C13H20N2O2. The zero-order valence-electron chi connectivity index (χ0n) is 10.2. The number of benzene rings is 1. The number of amides is 1. The van der Waals surface area contributed by atoms with Crippen LogP contribution in [0.2, 0.25) is 0 Å². The smallest absolute Gasteiger partial charge is 0.223 e. The highest BCUT2D eigenvalue weighted by atomic mass is 16.5. The third-order valence-electron chi connectivity index (χ3n) is 2.27. The maximum atomic E-state index is 11.4. The Hall–Kier alpha value is -1.55. The van der Waals surface area contributed by atoms with Gasteiger partial charge in [-0.1, -0.05) is 18.2 Å². The molecule has 1 rings (SSSR count). The van der Waals surface area contributed by atoms with Crippen LogP contribution in [0.1, 0.15) is 12.8 Å². The van der Waals surface area contributed by atoms with Crippen molar-refractivity contribution >= 4 is 5.91 Å². The van der Waals surface area contributed by atoms with Gasteiger partial charge in [-0.25, -0.2) is 0 Å². The van der Waals surface area contributed by atoms with E-state index in [2.05, 4.69) is 10.6 Å². The number of nitrogens with one attached hydrogen (secondary N) is 2. The minimum Gasteiger partial charge on any atom is -0.493 e. The van der Waals surface area contributed by atoms with Gasteiger partial charge >= 0.3 is 0 Å². The van der Waals surface area contributed by atoms with E-state index in [4.69, 9.17) is 4.74 Å². The van der Waals surface area contributed by atoms with E-state index in [9.17, 15) is 4.79 Å². The first-order valence-corrected chi connectivity index (χ1v) is 5.92. The molecule has 0 unspecified atom stereocenters. The van der Waals surface area contributed by atoms with Gasteiger partial charge in [0.2, 0.25) is 5.91 Å². The lowest BCUT2D eigenvalue weighted by Crippen LogP contribution is -2.27. The highest BCUT2D eigenvalue weighted by Crippen LogP contribution is 2.08. The zero-order valence-corrected chi connectivity index (χ0v) is 10.2. The lowest BCUT2D eigenvalue weighted by Gasteiger charge is -2.07. The molecule has 1 amide bonds. The summed E-state index contributed by atoms with van der Waals surface area (Å²) < 4.78 is 5.43. The van der Waals surface area contributed by atoms with Crippen LogP contribution in [-0.4, -0.2) is 32.7 Å². The quantitative estimate of drug-likeness (QED) is 0.666. The van der Waals surface area contributed by atoms with Crippen LogP contribution in [0.25, 0.3) is 0 Å². The van der Waals surface area contributed by atoms with Crippen LogP contribution < -0.4 is 15.4 Å². The normalized spacial score (nSPS) is 9.94. The minimum absolute atomic E-state index is 0.0389. The van der Waals surface area contributed by atoms with Gasteiger partial charge in [-0.05, 0) is 32.1 Å². The van der Waals surface area contributed by atoms with Gasteiger partial charge in [-0.15, -0.1) is 0 Å². The van der Waals surface area contributed by atoms with Crippen LogP contribution in [0, 0.1) is 0 Å². The van der Waals surface area contributed by atoms with Crippen molar-refractivity contribution in [1.82, 2.24) is 10.6 Å². The van der Waals surface area contributed by atoms with E-state index >= 15 is 0 Å². The molecule has 0 aliphatic rings. The van der Waals surface area contributed by atoms with Crippen molar-refractivity contribution in [2.24, 2.45) is 0 Å². The average molecular weight is 236 g/mol. The first kappa shape index (κ1) is 13.5. The highest BCUT2D eigenvalue weighted by molar-refractivity contribution is 5.75. The molecule has 0 saturated carbocycles. The molecule has 0 atom stereocenters. The molecular weight excluding hydrogens is 216 g/mol. The van der Waals surface area contributed by atoms with Gasteiger partial charge < -0.3 is 15.4 Å². The Labute approximate surface area is 102 Å². The molecule has 1 aromatic rings. The Morgan fingerprint density at radius 1 is 1.24 bits per heavy atom. The van der Waals surface area contributed by atoms with Crippen molar-refractivity contribution in [3.8, 4) is 5.75 Å². The topological polar surface area (TPSA) is 50.4 Å². The summed E-state index contributed by atoms with van der Waals surface area (Å²) in [6.07, 6.45) is 1.34. The molecule has 0 aromatic heterocycles. The van der Waals surface area contributed by atoms with Crippen molar-refractivity contribution in [1.29, 1.82) is 0 Å². The maximum absolute atomic E-state index is 11.4. The third kappa shape index (κ3) is 6.58. The summed E-state index contributed by atoms with van der Waals surface area (Å²) in [5, 5.41) is 5.87. The summed E-state index contributed by atoms with van der Waals surface area (Å²) >= 11 is 0. The number of rotatable bonds is 8. The van der Waals surface area contributed by atoms with Crippen LogP contribution in [-0.2, 0) is 4.79 Å². The van der Waals surface area contributed by atoms with E-state index < -0.39 is 0 Å². The lowest BCUT2D eigenvalue weighted by molar-refractivity contribution is -0.121. The Bertz CT molecular complexity index is 314. The molecule has 0 bridgehead atoms. The molecule has 0 aliphatic carbocycles. The molecule has 17 heavy (non-hydrogen) atoms. The minimum atomic E-state index is 0.0389. The highest BCUT2D eigenvalue weighted by Gasteiger charge is 2.00. The Morgan fingerprint density at radius 2 is 2.00 bits per heavy atom. The average Bonchev–Trinajstić information content (AvgIpc) is 2.36. The molecule has 1 aromatic carbocycles. The van der Waals surface area contributed by atoms with Gasteiger partial charge in [0.15, 0.2) is 0 Å². The molecule has 0 heterocycles. The molecule has 4 nitrogen and oxygen atoms in total. The predicted octanol–water partition coefficient (Wildman–Crippen LogP) is 1.18. The molecule has 0 radical (unpaired) electrons. The van der Waals surface area contributed by atoms with Gasteiger partial charge in [-0.2, -0.15) is 0 Å². The zero-order chi connectivity index (χ0) is 12.3. The van der Waals surface area contributed by atoms with E-state index in [-0.39, 0.29) is 5.91 Å². The van der Waals surface area contributed by atoms with Crippen LogP contribution in [0.3, 0.4) is 0 Å². The van der Waals surface area contributed by atoms with Gasteiger partial charge in [0.05, 0.1) is 13.0 Å². The van der Waals surface area contributed by atoms with E-state index in [1.807, 2.05) is 37.4 Å². The van der Waals surface area contributed by atoms with E-state index in [0.717, 1.165) is 18.7 Å². The number of hydrogen-bond acceptors (Lipinski definition) is 3. The van der Waals surface area contributed by atoms with Crippen LogP contribution in [0.4, 0.5) is 0 Å². The molecule has 2 N–H and O–H groups in total. The molecule has 0 aliphatic heterocycles. The molecule has 4 heteroatoms. The summed E-state index contributed by atoms with van der Waals surface area (Å²) in [6.45, 7) is 2.05. The summed E-state index contributed by atoms with van der Waals surface area (Å²) in [7, 11) is 1.90. The van der Waals surface area contributed by atoms with Crippen molar-refractivity contribution in [2.75, 3.05) is 26.7 Å². The van der Waals surface area contributed by atoms with Crippen molar-refractivity contribution in [3.63, 3.8) is 0 Å². The fourth-order valence-corrected chi connectivity index (χ4v) is 1.36. The maximum Gasteiger partial charge on any atom is 0.223 e. The number of ether oxygens (including phenoxy) is 1. The standard InChI is InChI=1S/C13H20N2O2/c1-14-9-5-10-15-13(16)8-11-17-12-6-3-2-4-7-12/h2-4,6-7,14H,5,8-11H2,1H3,(H,15,16). The third-order valence-corrected chi connectivity index (χ3v) is 2.27. The van der Waals surface area contributed by atoms with Crippen LogP contribution >= 0.6 is 0 Å². The number of hydrogen-bond donors (Lipinski definition) is 2. The first-order chi connectivity index (χ1) is 8.33. The summed E-state index contributed by atoms with van der Waals surface area (Å²) in [5.41, 5.74) is 0. The Morgan fingerprint density at radius 3 is 2.71 bits per heavy atom. The Kier molecular flexibility index (Phi) is 6.82. The van der Waals surface area contributed by atoms with E-state index in [1.54, 1.807) is 0 Å². The number of para-hydroxylation sites is 1. The van der Waals surface area contributed by atoms with E-state index in [1.165, 1.54) is 0 Å². The molecule has 0 spiro atoms. The van der Waals surface area contributed by atoms with Crippen LogP contribution in [0.5, 0.6) is 5.75 Å². The van der Waals surface area contributed by atoms with Gasteiger partial charge in [-0.3, -0.25) is 4.79 Å². The molecule has 94 valence electrons. The van der Waals surface area contributed by atoms with Crippen molar-refractivity contribution in [2.45, 2.75) is 12.8 Å². The first-order valence-electron chi connectivity index (χ1n) is 5.92. The monoisotopic (exact) mass is 236 g/mol. The number of carbonyl (C=O) groups excluding carboxylic acids is 1.